The van der Waals surface area contributed by atoms with Crippen molar-refractivity contribution in [2.45, 2.75) is 18.9 Å². The molecule has 0 bridgehead atoms. The van der Waals surface area contributed by atoms with E-state index < -0.39 is 0 Å². The van der Waals surface area contributed by atoms with Gasteiger partial charge >= 0.3 is 0 Å². The fraction of sp³-hybridized carbons (Fsp3) is 0.167. The van der Waals surface area contributed by atoms with Gasteiger partial charge in [-0.15, -0.1) is 0 Å². The van der Waals surface area contributed by atoms with E-state index in [0.29, 0.717) is 19.5 Å². The maximum Gasteiger partial charge on any atom is 0.227 e. The molecular formula is C24H19BrClN3O. The molecule has 1 aliphatic heterocycles. The zero-order valence-corrected chi connectivity index (χ0v) is 18.5. The molecule has 1 amide bonds. The zero-order valence-electron chi connectivity index (χ0n) is 16.1. The summed E-state index contributed by atoms with van der Waals surface area (Å²) in [6.45, 7) is 1.31. The number of hydrogen-bond donors (Lipinski definition) is 0. The molecule has 5 rings (SSSR count). The first-order chi connectivity index (χ1) is 14.6. The second-order valence-corrected chi connectivity index (χ2v) is 8.91. The largest absolute Gasteiger partial charge is 0.323 e. The standard InChI is InChI=1S/C24H19BrClN3O/c25-18-4-3-5-20(13-18)28-15-17(12-23(28)30)24-27-21-6-1-2-7-22(21)29(24)14-16-8-10-19(26)11-9-16/h1-11,13,17H,12,14-15H2. The van der Waals surface area contributed by atoms with Gasteiger partial charge < -0.3 is 9.47 Å². The van der Waals surface area contributed by atoms with Crippen LogP contribution in [-0.2, 0) is 11.3 Å². The highest BCUT2D eigenvalue weighted by atomic mass is 79.9. The highest BCUT2D eigenvalue weighted by Crippen LogP contribution is 2.34. The van der Waals surface area contributed by atoms with Crippen LogP contribution in [0, 0.1) is 0 Å². The molecule has 3 aromatic carbocycles. The number of nitrogens with zero attached hydrogens (tertiary/aromatic N) is 3. The lowest BCUT2D eigenvalue weighted by Gasteiger charge is -2.18. The number of para-hydroxylation sites is 2. The summed E-state index contributed by atoms with van der Waals surface area (Å²) in [6.07, 6.45) is 0.455. The Morgan fingerprint density at radius 3 is 2.63 bits per heavy atom. The molecule has 150 valence electrons. The molecule has 0 saturated carbocycles. The first kappa shape index (κ1) is 19.3. The van der Waals surface area contributed by atoms with Gasteiger partial charge in [0.2, 0.25) is 5.91 Å². The third kappa shape index (κ3) is 3.64. The predicted molar refractivity (Wildman–Crippen MR) is 124 cm³/mol. The molecule has 0 N–H and O–H groups in total. The van der Waals surface area contributed by atoms with Gasteiger partial charge in [0.1, 0.15) is 5.82 Å². The fourth-order valence-corrected chi connectivity index (χ4v) is 4.63. The summed E-state index contributed by atoms with van der Waals surface area (Å²) < 4.78 is 3.20. The Morgan fingerprint density at radius 1 is 1.03 bits per heavy atom. The second kappa shape index (κ2) is 7.89. The number of amides is 1. The Balaban J connectivity index is 1.52. The molecule has 2 heterocycles. The van der Waals surface area contributed by atoms with E-state index in [1.165, 1.54) is 0 Å². The average molecular weight is 481 g/mol. The molecule has 1 atom stereocenters. The van der Waals surface area contributed by atoms with E-state index in [-0.39, 0.29) is 11.8 Å². The van der Waals surface area contributed by atoms with Crippen LogP contribution in [0.15, 0.2) is 77.3 Å². The van der Waals surface area contributed by atoms with E-state index in [0.717, 1.165) is 37.6 Å². The number of benzene rings is 3. The lowest BCUT2D eigenvalue weighted by atomic mass is 10.1. The summed E-state index contributed by atoms with van der Waals surface area (Å²) in [4.78, 5) is 19.7. The molecule has 0 radical (unpaired) electrons. The molecule has 0 aliphatic carbocycles. The van der Waals surface area contributed by atoms with Crippen molar-refractivity contribution in [2.24, 2.45) is 0 Å². The molecule has 30 heavy (non-hydrogen) atoms. The van der Waals surface area contributed by atoms with Crippen LogP contribution in [-0.4, -0.2) is 22.0 Å². The van der Waals surface area contributed by atoms with Crippen molar-refractivity contribution < 1.29 is 4.79 Å². The Labute approximate surface area is 188 Å². The summed E-state index contributed by atoms with van der Waals surface area (Å²) in [5.41, 5.74) is 4.10. The Morgan fingerprint density at radius 2 is 1.83 bits per heavy atom. The Bertz CT molecular complexity index is 1230. The van der Waals surface area contributed by atoms with Gasteiger partial charge in [-0.2, -0.15) is 0 Å². The monoisotopic (exact) mass is 479 g/mol. The van der Waals surface area contributed by atoms with Crippen LogP contribution in [0.4, 0.5) is 5.69 Å². The van der Waals surface area contributed by atoms with E-state index in [4.69, 9.17) is 16.6 Å². The van der Waals surface area contributed by atoms with Crippen LogP contribution in [0.1, 0.15) is 23.7 Å². The van der Waals surface area contributed by atoms with E-state index in [2.05, 4.69) is 26.6 Å². The lowest BCUT2D eigenvalue weighted by Crippen LogP contribution is -2.24. The van der Waals surface area contributed by atoms with Crippen LogP contribution in [0.3, 0.4) is 0 Å². The normalized spacial score (nSPS) is 16.5. The number of carbonyl (C=O) groups excluding carboxylic acids is 1. The topological polar surface area (TPSA) is 38.1 Å². The first-order valence-corrected chi connectivity index (χ1v) is 11.0. The molecule has 6 heteroatoms. The minimum absolute atomic E-state index is 0.0381. The molecule has 4 aromatic rings. The number of fused-ring (bicyclic) bond motifs is 1. The van der Waals surface area contributed by atoms with Crippen molar-refractivity contribution in [2.75, 3.05) is 11.4 Å². The van der Waals surface area contributed by atoms with E-state index >= 15 is 0 Å². The van der Waals surface area contributed by atoms with Crippen LogP contribution < -0.4 is 4.90 Å². The second-order valence-electron chi connectivity index (χ2n) is 7.56. The molecule has 1 saturated heterocycles. The van der Waals surface area contributed by atoms with Crippen molar-refractivity contribution in [1.82, 2.24) is 9.55 Å². The molecule has 1 aromatic heterocycles. The number of imidazole rings is 1. The summed E-state index contributed by atoms with van der Waals surface area (Å²) in [5, 5.41) is 0.723. The fourth-order valence-electron chi connectivity index (χ4n) is 4.12. The van der Waals surface area contributed by atoms with Crippen LogP contribution in [0.25, 0.3) is 11.0 Å². The summed E-state index contributed by atoms with van der Waals surface area (Å²) in [6, 6.07) is 23.9. The summed E-state index contributed by atoms with van der Waals surface area (Å²) >= 11 is 9.56. The van der Waals surface area contributed by atoms with Gasteiger partial charge in [0.15, 0.2) is 0 Å². The van der Waals surface area contributed by atoms with Gasteiger partial charge in [-0.05, 0) is 48.0 Å². The molecule has 1 aliphatic rings. The van der Waals surface area contributed by atoms with Crippen molar-refractivity contribution in [3.8, 4) is 0 Å². The maximum absolute atomic E-state index is 12.9. The smallest absolute Gasteiger partial charge is 0.227 e. The number of hydrogen-bond acceptors (Lipinski definition) is 2. The minimum Gasteiger partial charge on any atom is -0.323 e. The molecule has 1 fully saturated rings. The minimum atomic E-state index is 0.0381. The maximum atomic E-state index is 12.9. The highest BCUT2D eigenvalue weighted by Gasteiger charge is 2.34. The lowest BCUT2D eigenvalue weighted by molar-refractivity contribution is -0.117. The van der Waals surface area contributed by atoms with Crippen LogP contribution >= 0.6 is 27.5 Å². The third-order valence-corrected chi connectivity index (χ3v) is 6.29. The van der Waals surface area contributed by atoms with Gasteiger partial charge in [0, 0.05) is 40.6 Å². The van der Waals surface area contributed by atoms with Gasteiger partial charge in [0.25, 0.3) is 0 Å². The van der Waals surface area contributed by atoms with Crippen LogP contribution in [0.2, 0.25) is 5.02 Å². The van der Waals surface area contributed by atoms with Gasteiger partial charge in [-0.3, -0.25) is 4.79 Å². The molecule has 0 spiro atoms. The van der Waals surface area contributed by atoms with E-state index in [1.54, 1.807) is 0 Å². The van der Waals surface area contributed by atoms with Crippen molar-refractivity contribution >= 4 is 50.2 Å². The third-order valence-electron chi connectivity index (χ3n) is 5.55. The first-order valence-electron chi connectivity index (χ1n) is 9.84. The van der Waals surface area contributed by atoms with E-state index in [1.807, 2.05) is 71.6 Å². The van der Waals surface area contributed by atoms with Crippen LogP contribution in [0.5, 0.6) is 0 Å². The summed E-state index contributed by atoms with van der Waals surface area (Å²) in [7, 11) is 0. The number of rotatable bonds is 4. The highest BCUT2D eigenvalue weighted by molar-refractivity contribution is 9.10. The van der Waals surface area contributed by atoms with Gasteiger partial charge in [-0.25, -0.2) is 4.98 Å². The number of anilines is 1. The van der Waals surface area contributed by atoms with Gasteiger partial charge in [-0.1, -0.05) is 57.9 Å². The summed E-state index contributed by atoms with van der Waals surface area (Å²) in [5.74, 6) is 1.12. The molecule has 1 unspecified atom stereocenters. The Hall–Kier alpha value is -2.63. The average Bonchev–Trinajstić information content (AvgIpc) is 3.30. The predicted octanol–water partition coefficient (Wildman–Crippen LogP) is 6.02. The number of aromatic nitrogens is 2. The van der Waals surface area contributed by atoms with Crippen molar-refractivity contribution in [3.05, 3.63) is 93.7 Å². The number of carbonyl (C=O) groups is 1. The molecular weight excluding hydrogens is 462 g/mol. The zero-order chi connectivity index (χ0) is 20.7. The van der Waals surface area contributed by atoms with E-state index in [9.17, 15) is 4.79 Å². The van der Waals surface area contributed by atoms with Gasteiger partial charge in [0.05, 0.1) is 11.0 Å². The van der Waals surface area contributed by atoms with Crippen molar-refractivity contribution in [3.63, 3.8) is 0 Å². The Kier molecular flexibility index (Phi) is 5.09. The number of halogens is 2. The molecule has 4 nitrogen and oxygen atoms in total. The van der Waals surface area contributed by atoms with Crippen molar-refractivity contribution in [1.29, 1.82) is 0 Å². The quantitative estimate of drug-likeness (QED) is 0.358. The SMILES string of the molecule is O=C1CC(c2nc3ccccc3n2Cc2ccc(Cl)cc2)CN1c1cccc(Br)c1.